The Morgan fingerprint density at radius 1 is 1.15 bits per heavy atom. The van der Waals surface area contributed by atoms with Gasteiger partial charge in [0.05, 0.1) is 18.2 Å². The summed E-state index contributed by atoms with van der Waals surface area (Å²) in [6.45, 7) is 1.75. The van der Waals surface area contributed by atoms with Crippen LogP contribution in [-0.2, 0) is 0 Å². The maximum atomic E-state index is 13.7. The van der Waals surface area contributed by atoms with Crippen molar-refractivity contribution in [1.29, 1.82) is 0 Å². The molecular formula is C16H17ClFNO. The van der Waals surface area contributed by atoms with Gasteiger partial charge in [-0.3, -0.25) is 0 Å². The highest BCUT2D eigenvalue weighted by Gasteiger charge is 2.15. The lowest BCUT2D eigenvalue weighted by Gasteiger charge is -2.18. The molecule has 20 heavy (non-hydrogen) atoms. The Labute approximate surface area is 123 Å². The largest absolute Gasteiger partial charge is 0.495 e. The maximum absolute atomic E-state index is 13.7. The van der Waals surface area contributed by atoms with E-state index in [9.17, 15) is 4.39 Å². The van der Waals surface area contributed by atoms with Gasteiger partial charge in [-0.05, 0) is 48.9 Å². The van der Waals surface area contributed by atoms with Crippen LogP contribution >= 0.6 is 11.6 Å². The zero-order chi connectivity index (χ0) is 14.7. The molecule has 2 nitrogen and oxygen atoms in total. The summed E-state index contributed by atoms with van der Waals surface area (Å²) in [5.74, 6) is 0.419. The van der Waals surface area contributed by atoms with Gasteiger partial charge in [-0.2, -0.15) is 0 Å². The minimum atomic E-state index is -0.206. The van der Waals surface area contributed by atoms with E-state index in [4.69, 9.17) is 16.3 Å². The van der Waals surface area contributed by atoms with Gasteiger partial charge in [0.15, 0.2) is 0 Å². The number of benzene rings is 2. The van der Waals surface area contributed by atoms with E-state index in [1.165, 1.54) is 0 Å². The molecule has 0 amide bonds. The molecule has 0 aromatic heterocycles. The highest BCUT2D eigenvalue weighted by atomic mass is 35.5. The standard InChI is InChI=1S/C16H17ClFNO/c1-10-4-5-12(9-14(10)18)16(19-2)11-6-7-15(20-3)13(17)8-11/h4-9,16,19H,1-3H3. The molecule has 0 saturated heterocycles. The Morgan fingerprint density at radius 2 is 1.80 bits per heavy atom. The second kappa shape index (κ2) is 6.25. The van der Waals surface area contributed by atoms with Crippen molar-refractivity contribution in [3.63, 3.8) is 0 Å². The van der Waals surface area contributed by atoms with Crippen molar-refractivity contribution in [3.8, 4) is 5.75 Å². The fraction of sp³-hybridized carbons (Fsp3) is 0.250. The molecule has 0 heterocycles. The van der Waals surface area contributed by atoms with Crippen LogP contribution in [0.5, 0.6) is 5.75 Å². The zero-order valence-corrected chi connectivity index (χ0v) is 12.5. The van der Waals surface area contributed by atoms with Crippen LogP contribution in [-0.4, -0.2) is 14.2 Å². The SMILES string of the molecule is CNC(c1ccc(C)c(F)c1)c1ccc(OC)c(Cl)c1. The Balaban J connectivity index is 2.41. The molecule has 0 fully saturated rings. The van der Waals surface area contributed by atoms with Crippen LogP contribution in [0.4, 0.5) is 4.39 Å². The second-order valence-corrected chi connectivity index (χ2v) is 5.03. The number of rotatable bonds is 4. The lowest BCUT2D eigenvalue weighted by Crippen LogP contribution is -2.18. The van der Waals surface area contributed by atoms with Crippen LogP contribution in [0.1, 0.15) is 22.7 Å². The van der Waals surface area contributed by atoms with Gasteiger partial charge in [0.1, 0.15) is 11.6 Å². The molecule has 0 bridgehead atoms. The van der Waals surface area contributed by atoms with Crippen LogP contribution in [0.3, 0.4) is 0 Å². The fourth-order valence-corrected chi connectivity index (χ4v) is 2.44. The highest BCUT2D eigenvalue weighted by molar-refractivity contribution is 6.32. The first-order valence-corrected chi connectivity index (χ1v) is 6.71. The van der Waals surface area contributed by atoms with Crippen molar-refractivity contribution >= 4 is 11.6 Å². The molecule has 2 aromatic rings. The second-order valence-electron chi connectivity index (χ2n) is 4.62. The Hall–Kier alpha value is -1.58. The topological polar surface area (TPSA) is 21.3 Å². The average molecular weight is 294 g/mol. The Morgan fingerprint density at radius 3 is 2.35 bits per heavy atom. The van der Waals surface area contributed by atoms with Gasteiger partial charge in [0.25, 0.3) is 0 Å². The highest BCUT2D eigenvalue weighted by Crippen LogP contribution is 2.30. The molecular weight excluding hydrogens is 277 g/mol. The van der Waals surface area contributed by atoms with Crippen molar-refractivity contribution in [3.05, 3.63) is 63.9 Å². The van der Waals surface area contributed by atoms with Crippen LogP contribution in [0, 0.1) is 12.7 Å². The summed E-state index contributed by atoms with van der Waals surface area (Å²) in [6.07, 6.45) is 0. The molecule has 0 spiro atoms. The molecule has 0 saturated carbocycles. The zero-order valence-electron chi connectivity index (χ0n) is 11.7. The van der Waals surface area contributed by atoms with E-state index < -0.39 is 0 Å². The minimum absolute atomic E-state index is 0.117. The summed E-state index contributed by atoms with van der Waals surface area (Å²) >= 11 is 6.15. The molecule has 0 aliphatic carbocycles. The normalized spacial score (nSPS) is 12.2. The predicted molar refractivity (Wildman–Crippen MR) is 80.0 cm³/mol. The fourth-order valence-electron chi connectivity index (χ4n) is 2.18. The van der Waals surface area contributed by atoms with Gasteiger partial charge < -0.3 is 10.1 Å². The smallest absolute Gasteiger partial charge is 0.137 e. The predicted octanol–water partition coefficient (Wildman–Crippen LogP) is 4.10. The monoisotopic (exact) mass is 293 g/mol. The third kappa shape index (κ3) is 2.94. The van der Waals surface area contributed by atoms with E-state index in [1.54, 1.807) is 26.2 Å². The number of nitrogens with one attached hydrogen (secondary N) is 1. The van der Waals surface area contributed by atoms with Gasteiger partial charge in [0, 0.05) is 0 Å². The third-order valence-electron chi connectivity index (χ3n) is 3.33. The van der Waals surface area contributed by atoms with E-state index in [0.29, 0.717) is 16.3 Å². The molecule has 1 unspecified atom stereocenters. The lowest BCUT2D eigenvalue weighted by atomic mass is 9.97. The van der Waals surface area contributed by atoms with E-state index in [0.717, 1.165) is 11.1 Å². The van der Waals surface area contributed by atoms with Crippen LogP contribution in [0.15, 0.2) is 36.4 Å². The third-order valence-corrected chi connectivity index (χ3v) is 3.62. The van der Waals surface area contributed by atoms with E-state index in [2.05, 4.69) is 5.32 Å². The molecule has 0 aliphatic heterocycles. The molecule has 0 aliphatic rings. The number of aryl methyl sites for hydroxylation is 1. The number of hydrogen-bond acceptors (Lipinski definition) is 2. The first-order chi connectivity index (χ1) is 9.56. The Bertz CT molecular complexity index is 615. The van der Waals surface area contributed by atoms with Crippen molar-refractivity contribution in [1.82, 2.24) is 5.32 Å². The van der Waals surface area contributed by atoms with Crippen molar-refractivity contribution < 1.29 is 9.13 Å². The molecule has 2 rings (SSSR count). The summed E-state index contributed by atoms with van der Waals surface area (Å²) in [4.78, 5) is 0. The van der Waals surface area contributed by atoms with Crippen LogP contribution in [0.25, 0.3) is 0 Å². The molecule has 0 radical (unpaired) electrons. The van der Waals surface area contributed by atoms with Gasteiger partial charge >= 0.3 is 0 Å². The van der Waals surface area contributed by atoms with Gasteiger partial charge in [-0.25, -0.2) is 4.39 Å². The quantitative estimate of drug-likeness (QED) is 0.916. The summed E-state index contributed by atoms with van der Waals surface area (Å²) < 4.78 is 18.9. The number of ether oxygens (including phenoxy) is 1. The molecule has 1 atom stereocenters. The van der Waals surface area contributed by atoms with Gasteiger partial charge in [-0.1, -0.05) is 29.8 Å². The van der Waals surface area contributed by atoms with Crippen molar-refractivity contribution in [2.24, 2.45) is 0 Å². The summed E-state index contributed by atoms with van der Waals surface area (Å²) in [7, 11) is 3.41. The van der Waals surface area contributed by atoms with Crippen LogP contribution in [0.2, 0.25) is 5.02 Å². The van der Waals surface area contributed by atoms with E-state index >= 15 is 0 Å². The van der Waals surface area contributed by atoms with Crippen LogP contribution < -0.4 is 10.1 Å². The van der Waals surface area contributed by atoms with Crippen molar-refractivity contribution in [2.45, 2.75) is 13.0 Å². The summed E-state index contributed by atoms with van der Waals surface area (Å²) in [6, 6.07) is 10.7. The average Bonchev–Trinajstić information content (AvgIpc) is 2.44. The van der Waals surface area contributed by atoms with Gasteiger partial charge in [0.2, 0.25) is 0 Å². The van der Waals surface area contributed by atoms with E-state index in [-0.39, 0.29) is 11.9 Å². The van der Waals surface area contributed by atoms with Crippen molar-refractivity contribution in [2.75, 3.05) is 14.2 Å². The number of methoxy groups -OCH3 is 1. The first-order valence-electron chi connectivity index (χ1n) is 6.33. The minimum Gasteiger partial charge on any atom is -0.495 e. The Kier molecular flexibility index (Phi) is 4.63. The van der Waals surface area contributed by atoms with Gasteiger partial charge in [-0.15, -0.1) is 0 Å². The number of halogens is 2. The maximum Gasteiger partial charge on any atom is 0.137 e. The summed E-state index contributed by atoms with van der Waals surface area (Å²) in [5.41, 5.74) is 2.45. The number of hydrogen-bond donors (Lipinski definition) is 1. The molecule has 1 N–H and O–H groups in total. The molecule has 4 heteroatoms. The lowest BCUT2D eigenvalue weighted by molar-refractivity contribution is 0.414. The molecule has 2 aromatic carbocycles. The summed E-state index contributed by atoms with van der Waals surface area (Å²) in [5, 5.41) is 3.72. The first kappa shape index (κ1) is 14.8. The van der Waals surface area contributed by atoms with E-state index in [1.807, 2.05) is 31.3 Å². The molecule has 106 valence electrons.